The molecule has 0 fully saturated rings. The van der Waals surface area contributed by atoms with Gasteiger partial charge in [0, 0.05) is 11.6 Å². The van der Waals surface area contributed by atoms with Gasteiger partial charge < -0.3 is 15.5 Å². The van der Waals surface area contributed by atoms with Gasteiger partial charge in [-0.25, -0.2) is 0 Å². The van der Waals surface area contributed by atoms with Crippen molar-refractivity contribution in [1.82, 2.24) is 4.98 Å². The van der Waals surface area contributed by atoms with Crippen molar-refractivity contribution >= 4 is 16.6 Å². The van der Waals surface area contributed by atoms with Crippen LogP contribution in [0.4, 0.5) is 5.69 Å². The van der Waals surface area contributed by atoms with Crippen molar-refractivity contribution in [2.45, 2.75) is 0 Å². The van der Waals surface area contributed by atoms with E-state index >= 15 is 0 Å². The molecule has 0 atom stereocenters. The van der Waals surface area contributed by atoms with E-state index < -0.39 is 0 Å². The molecule has 0 amide bonds. The number of anilines is 1. The molecule has 0 aliphatic carbocycles. The van der Waals surface area contributed by atoms with Gasteiger partial charge in [-0.05, 0) is 18.2 Å². The summed E-state index contributed by atoms with van der Waals surface area (Å²) in [5, 5.41) is 1.03. The predicted molar refractivity (Wildman–Crippen MR) is 49.3 cm³/mol. The van der Waals surface area contributed by atoms with E-state index in [9.17, 15) is 0 Å². The Hall–Kier alpha value is -1.64. The molecule has 1 aromatic heterocycles. The molecule has 3 nitrogen and oxygen atoms in total. The maximum Gasteiger partial charge on any atom is 0.128 e. The summed E-state index contributed by atoms with van der Waals surface area (Å²) in [6.07, 6.45) is 1.85. The van der Waals surface area contributed by atoms with E-state index in [1.165, 1.54) is 0 Å². The molecule has 1 heterocycles. The van der Waals surface area contributed by atoms with E-state index in [0.717, 1.165) is 22.3 Å². The maximum atomic E-state index is 5.74. The first-order valence-electron chi connectivity index (χ1n) is 3.72. The number of hydrogen-bond donors (Lipinski definition) is 2. The number of methoxy groups -OCH3 is 1. The number of hydrogen-bond acceptors (Lipinski definition) is 2. The number of nitrogen functional groups attached to an aromatic ring is 1. The second-order valence-corrected chi connectivity index (χ2v) is 2.62. The Morgan fingerprint density at radius 1 is 1.33 bits per heavy atom. The van der Waals surface area contributed by atoms with Crippen LogP contribution in [0.25, 0.3) is 10.9 Å². The van der Waals surface area contributed by atoms with Crippen LogP contribution in [0.3, 0.4) is 0 Å². The van der Waals surface area contributed by atoms with Crippen molar-refractivity contribution in [2.75, 3.05) is 12.8 Å². The zero-order valence-electron chi connectivity index (χ0n) is 6.79. The zero-order valence-corrected chi connectivity index (χ0v) is 6.79. The Bertz CT molecular complexity index is 406. The molecule has 0 radical (unpaired) electrons. The first-order chi connectivity index (χ1) is 5.83. The van der Waals surface area contributed by atoms with Crippen molar-refractivity contribution in [2.24, 2.45) is 0 Å². The van der Waals surface area contributed by atoms with Crippen LogP contribution >= 0.6 is 0 Å². The van der Waals surface area contributed by atoms with Crippen molar-refractivity contribution in [3.63, 3.8) is 0 Å². The van der Waals surface area contributed by atoms with Gasteiger partial charge in [-0.15, -0.1) is 0 Å². The maximum absolute atomic E-state index is 5.74. The Kier molecular flexibility index (Phi) is 1.43. The number of nitrogens with one attached hydrogen (secondary N) is 1. The minimum absolute atomic E-state index is 0.746. The molecule has 0 saturated carbocycles. The highest BCUT2D eigenvalue weighted by atomic mass is 16.5. The first-order valence-corrected chi connectivity index (χ1v) is 3.72. The molecule has 0 spiro atoms. The third kappa shape index (κ3) is 0.830. The van der Waals surface area contributed by atoms with Crippen molar-refractivity contribution in [3.05, 3.63) is 24.4 Å². The summed E-state index contributed by atoms with van der Waals surface area (Å²) in [6.45, 7) is 0. The average Bonchev–Trinajstić information content (AvgIpc) is 2.54. The van der Waals surface area contributed by atoms with Crippen LogP contribution in [0.15, 0.2) is 24.4 Å². The van der Waals surface area contributed by atoms with Gasteiger partial charge in [-0.2, -0.15) is 0 Å². The van der Waals surface area contributed by atoms with Gasteiger partial charge in [0.15, 0.2) is 0 Å². The standard InChI is InChI=1S/C9H10N2O/c1-12-8-3-2-7(10)9-6(8)4-5-11-9/h2-5,11H,10H2,1H3. The second-order valence-electron chi connectivity index (χ2n) is 2.62. The molecule has 0 aliphatic rings. The molecule has 0 aliphatic heterocycles. The van der Waals surface area contributed by atoms with E-state index in [-0.39, 0.29) is 0 Å². The number of fused-ring (bicyclic) bond motifs is 1. The zero-order chi connectivity index (χ0) is 8.55. The molecular weight excluding hydrogens is 152 g/mol. The monoisotopic (exact) mass is 162 g/mol. The number of H-pyrrole nitrogens is 1. The Labute approximate surface area is 70.1 Å². The van der Waals surface area contributed by atoms with Gasteiger partial charge in [-0.3, -0.25) is 0 Å². The quantitative estimate of drug-likeness (QED) is 0.628. The Balaban J connectivity index is 2.82. The summed E-state index contributed by atoms with van der Waals surface area (Å²) >= 11 is 0. The van der Waals surface area contributed by atoms with Crippen LogP contribution in [-0.4, -0.2) is 12.1 Å². The second kappa shape index (κ2) is 2.44. The molecule has 1 aromatic carbocycles. The number of benzene rings is 1. The fourth-order valence-electron chi connectivity index (χ4n) is 1.33. The molecule has 2 rings (SSSR count). The lowest BCUT2D eigenvalue weighted by Gasteiger charge is -2.02. The minimum Gasteiger partial charge on any atom is -0.496 e. The van der Waals surface area contributed by atoms with Crippen molar-refractivity contribution in [1.29, 1.82) is 0 Å². The average molecular weight is 162 g/mol. The summed E-state index contributed by atoms with van der Waals surface area (Å²) in [7, 11) is 1.65. The molecular formula is C9H10N2O. The van der Waals surface area contributed by atoms with E-state index in [4.69, 9.17) is 10.5 Å². The third-order valence-corrected chi connectivity index (χ3v) is 1.94. The van der Waals surface area contributed by atoms with Crippen LogP contribution in [0.2, 0.25) is 0 Å². The van der Waals surface area contributed by atoms with Gasteiger partial charge in [-0.1, -0.05) is 0 Å². The number of nitrogens with two attached hydrogens (primary N) is 1. The summed E-state index contributed by atoms with van der Waals surface area (Å²) in [4.78, 5) is 3.06. The van der Waals surface area contributed by atoms with Crippen LogP contribution in [-0.2, 0) is 0 Å². The third-order valence-electron chi connectivity index (χ3n) is 1.94. The molecule has 3 N–H and O–H groups in total. The Morgan fingerprint density at radius 2 is 2.17 bits per heavy atom. The number of rotatable bonds is 1. The Morgan fingerprint density at radius 3 is 2.92 bits per heavy atom. The van der Waals surface area contributed by atoms with Gasteiger partial charge in [0.1, 0.15) is 5.75 Å². The topological polar surface area (TPSA) is 51.0 Å². The van der Waals surface area contributed by atoms with Crippen LogP contribution < -0.4 is 10.5 Å². The van der Waals surface area contributed by atoms with E-state index in [1.54, 1.807) is 7.11 Å². The van der Waals surface area contributed by atoms with E-state index in [2.05, 4.69) is 4.98 Å². The van der Waals surface area contributed by atoms with Crippen molar-refractivity contribution in [3.8, 4) is 5.75 Å². The summed E-state index contributed by atoms with van der Waals surface area (Å²) in [6, 6.07) is 5.65. The molecule has 0 unspecified atom stereocenters. The largest absolute Gasteiger partial charge is 0.496 e. The van der Waals surface area contributed by atoms with E-state index in [1.807, 2.05) is 24.4 Å². The molecule has 0 saturated heterocycles. The summed E-state index contributed by atoms with van der Waals surface area (Å²) in [5.41, 5.74) is 7.42. The summed E-state index contributed by atoms with van der Waals surface area (Å²) < 4.78 is 5.17. The summed E-state index contributed by atoms with van der Waals surface area (Å²) in [5.74, 6) is 0.848. The minimum atomic E-state index is 0.746. The molecule has 0 bridgehead atoms. The number of aromatic nitrogens is 1. The van der Waals surface area contributed by atoms with Gasteiger partial charge in [0.2, 0.25) is 0 Å². The SMILES string of the molecule is COc1ccc(N)c2[nH]ccc12. The van der Waals surface area contributed by atoms with Gasteiger partial charge in [0.05, 0.1) is 18.3 Å². The normalized spacial score (nSPS) is 10.4. The predicted octanol–water partition coefficient (Wildman–Crippen LogP) is 1.76. The fraction of sp³-hybridized carbons (Fsp3) is 0.111. The highest BCUT2D eigenvalue weighted by molar-refractivity contribution is 5.94. The fourth-order valence-corrected chi connectivity index (χ4v) is 1.33. The lowest BCUT2D eigenvalue weighted by molar-refractivity contribution is 0.420. The lowest BCUT2D eigenvalue weighted by atomic mass is 10.2. The smallest absolute Gasteiger partial charge is 0.128 e. The van der Waals surface area contributed by atoms with Crippen molar-refractivity contribution < 1.29 is 4.74 Å². The number of aromatic amines is 1. The highest BCUT2D eigenvalue weighted by Crippen LogP contribution is 2.28. The van der Waals surface area contributed by atoms with Gasteiger partial charge in [0.25, 0.3) is 0 Å². The van der Waals surface area contributed by atoms with Gasteiger partial charge >= 0.3 is 0 Å². The highest BCUT2D eigenvalue weighted by Gasteiger charge is 2.03. The van der Waals surface area contributed by atoms with Crippen LogP contribution in [0.1, 0.15) is 0 Å². The van der Waals surface area contributed by atoms with Crippen LogP contribution in [0, 0.1) is 0 Å². The molecule has 62 valence electrons. The lowest BCUT2D eigenvalue weighted by Crippen LogP contribution is -1.88. The van der Waals surface area contributed by atoms with Crippen LogP contribution in [0.5, 0.6) is 5.75 Å². The number of ether oxygens (including phenoxy) is 1. The molecule has 2 aromatic rings. The molecule has 3 heteroatoms. The first kappa shape index (κ1) is 7.03. The molecule has 12 heavy (non-hydrogen) atoms. The van der Waals surface area contributed by atoms with E-state index in [0.29, 0.717) is 0 Å².